The average molecular weight is 364 g/mol. The largest absolute Gasteiger partial charge is 0.393 e. The first-order valence-corrected chi connectivity index (χ1v) is 8.37. The van der Waals surface area contributed by atoms with E-state index in [0.717, 1.165) is 18.5 Å². The van der Waals surface area contributed by atoms with Gasteiger partial charge in [-0.2, -0.15) is 4.98 Å². The van der Waals surface area contributed by atoms with Crippen molar-refractivity contribution in [2.75, 3.05) is 10.6 Å². The number of rotatable bonds is 5. The molecule has 9 heteroatoms. The number of aliphatic hydroxyl groups is 1. The smallest absolute Gasteiger partial charge is 0.329 e. The summed E-state index contributed by atoms with van der Waals surface area (Å²) >= 11 is 5.85. The van der Waals surface area contributed by atoms with Gasteiger partial charge in [-0.15, -0.1) is 0 Å². The summed E-state index contributed by atoms with van der Waals surface area (Å²) in [6.07, 6.45) is 3.72. The van der Waals surface area contributed by atoms with Crippen molar-refractivity contribution in [1.29, 1.82) is 0 Å². The Morgan fingerprint density at radius 1 is 1.20 bits per heavy atom. The standard InChI is InChI=1S/C16H18ClN5O3/c17-10-1-3-12(4-2-10)20-16-18-9-14(22(24)25)15(21-16)19-11-5-7-13(23)8-6-11/h1-4,9,11,13,23H,5-8H2,(H2,18,19,20,21). The summed E-state index contributed by atoms with van der Waals surface area (Å²) in [4.78, 5) is 19.0. The van der Waals surface area contributed by atoms with Gasteiger partial charge in [-0.3, -0.25) is 10.1 Å². The van der Waals surface area contributed by atoms with Crippen LogP contribution in [0, 0.1) is 10.1 Å². The highest BCUT2D eigenvalue weighted by Gasteiger charge is 2.24. The summed E-state index contributed by atoms with van der Waals surface area (Å²) in [6, 6.07) is 7.02. The minimum atomic E-state index is -0.508. The van der Waals surface area contributed by atoms with Gasteiger partial charge in [0.1, 0.15) is 6.20 Å². The number of halogens is 1. The second-order valence-electron chi connectivity index (χ2n) is 5.97. The zero-order valence-corrected chi connectivity index (χ0v) is 14.1. The number of aromatic nitrogens is 2. The molecule has 0 amide bonds. The molecule has 1 fully saturated rings. The van der Waals surface area contributed by atoms with Crippen molar-refractivity contribution in [3.8, 4) is 0 Å². The zero-order chi connectivity index (χ0) is 17.8. The third kappa shape index (κ3) is 4.55. The van der Waals surface area contributed by atoms with E-state index in [2.05, 4.69) is 20.6 Å². The molecule has 2 aromatic rings. The van der Waals surface area contributed by atoms with E-state index in [1.54, 1.807) is 24.3 Å². The number of hydrogen-bond donors (Lipinski definition) is 3. The van der Waals surface area contributed by atoms with Gasteiger partial charge in [0.15, 0.2) is 0 Å². The average Bonchev–Trinajstić information content (AvgIpc) is 2.59. The summed E-state index contributed by atoms with van der Waals surface area (Å²) < 4.78 is 0. The van der Waals surface area contributed by atoms with Crippen LogP contribution >= 0.6 is 11.6 Å². The molecule has 0 spiro atoms. The third-order valence-electron chi connectivity index (χ3n) is 4.10. The van der Waals surface area contributed by atoms with E-state index < -0.39 is 4.92 Å². The molecule has 0 radical (unpaired) electrons. The molecule has 3 N–H and O–H groups in total. The first-order chi connectivity index (χ1) is 12.0. The van der Waals surface area contributed by atoms with Crippen molar-refractivity contribution >= 4 is 34.7 Å². The summed E-state index contributed by atoms with van der Waals surface area (Å²) in [5, 5.41) is 27.5. The van der Waals surface area contributed by atoms with Crippen molar-refractivity contribution in [3.05, 3.63) is 45.6 Å². The maximum Gasteiger partial charge on any atom is 0.329 e. The SMILES string of the molecule is O=[N+]([O-])c1cnc(Nc2ccc(Cl)cc2)nc1NC1CCC(O)CC1. The highest BCUT2D eigenvalue weighted by atomic mass is 35.5. The predicted octanol–water partition coefficient (Wildman–Crippen LogP) is 3.50. The monoisotopic (exact) mass is 363 g/mol. The Kier molecular flexibility index (Phi) is 5.30. The molecule has 1 aromatic carbocycles. The van der Waals surface area contributed by atoms with Crippen LogP contribution in [0.3, 0.4) is 0 Å². The first-order valence-electron chi connectivity index (χ1n) is 8.00. The number of aliphatic hydroxyl groups excluding tert-OH is 1. The predicted molar refractivity (Wildman–Crippen MR) is 95.3 cm³/mol. The van der Waals surface area contributed by atoms with E-state index in [-0.39, 0.29) is 29.6 Å². The van der Waals surface area contributed by atoms with E-state index in [1.165, 1.54) is 6.20 Å². The molecule has 1 aliphatic carbocycles. The summed E-state index contributed by atoms with van der Waals surface area (Å²) in [6.45, 7) is 0. The van der Waals surface area contributed by atoms with Gasteiger partial charge in [-0.1, -0.05) is 11.6 Å². The van der Waals surface area contributed by atoms with Gasteiger partial charge in [0.2, 0.25) is 11.8 Å². The molecular weight excluding hydrogens is 346 g/mol. The molecule has 1 saturated carbocycles. The molecule has 25 heavy (non-hydrogen) atoms. The number of anilines is 3. The molecule has 0 unspecified atom stereocenters. The Labute approximate surface area is 149 Å². The van der Waals surface area contributed by atoms with Crippen LogP contribution in [-0.4, -0.2) is 32.1 Å². The van der Waals surface area contributed by atoms with Crippen molar-refractivity contribution in [2.24, 2.45) is 0 Å². The van der Waals surface area contributed by atoms with Crippen LogP contribution in [0.25, 0.3) is 0 Å². The van der Waals surface area contributed by atoms with Gasteiger partial charge in [-0.05, 0) is 49.9 Å². The maximum atomic E-state index is 11.2. The molecular formula is C16H18ClN5O3. The van der Waals surface area contributed by atoms with Gasteiger partial charge in [0, 0.05) is 16.8 Å². The molecule has 0 atom stereocenters. The van der Waals surface area contributed by atoms with Crippen molar-refractivity contribution < 1.29 is 10.0 Å². The summed E-state index contributed by atoms with van der Waals surface area (Å²) in [5.74, 6) is 0.434. The fourth-order valence-corrected chi connectivity index (χ4v) is 2.88. The van der Waals surface area contributed by atoms with Gasteiger partial charge >= 0.3 is 5.69 Å². The fraction of sp³-hybridized carbons (Fsp3) is 0.375. The number of hydrogen-bond acceptors (Lipinski definition) is 7. The highest BCUT2D eigenvalue weighted by molar-refractivity contribution is 6.30. The molecule has 0 aliphatic heterocycles. The van der Waals surface area contributed by atoms with Gasteiger partial charge in [-0.25, -0.2) is 4.98 Å². The molecule has 3 rings (SSSR count). The van der Waals surface area contributed by atoms with Crippen molar-refractivity contribution in [3.63, 3.8) is 0 Å². The molecule has 1 heterocycles. The highest BCUT2D eigenvalue weighted by Crippen LogP contribution is 2.28. The Hall–Kier alpha value is -2.45. The fourth-order valence-electron chi connectivity index (χ4n) is 2.75. The van der Waals surface area contributed by atoms with Crippen LogP contribution < -0.4 is 10.6 Å². The second kappa shape index (κ2) is 7.62. The topological polar surface area (TPSA) is 113 Å². The molecule has 0 bridgehead atoms. The van der Waals surface area contributed by atoms with E-state index in [0.29, 0.717) is 17.9 Å². The molecule has 0 saturated heterocycles. The van der Waals surface area contributed by atoms with Crippen LogP contribution in [0.1, 0.15) is 25.7 Å². The molecule has 1 aliphatic rings. The normalized spacial score (nSPS) is 20.1. The summed E-state index contributed by atoms with van der Waals surface area (Å²) in [7, 11) is 0. The van der Waals surface area contributed by atoms with E-state index in [4.69, 9.17) is 11.6 Å². The third-order valence-corrected chi connectivity index (χ3v) is 4.36. The van der Waals surface area contributed by atoms with Crippen LogP contribution in [0.5, 0.6) is 0 Å². The molecule has 132 valence electrons. The first kappa shape index (κ1) is 17.4. The number of nitro groups is 1. The van der Waals surface area contributed by atoms with Gasteiger partial charge < -0.3 is 15.7 Å². The van der Waals surface area contributed by atoms with Crippen LogP contribution in [-0.2, 0) is 0 Å². The lowest BCUT2D eigenvalue weighted by molar-refractivity contribution is -0.384. The quantitative estimate of drug-likeness (QED) is 0.550. The lowest BCUT2D eigenvalue weighted by Gasteiger charge is -2.26. The van der Waals surface area contributed by atoms with E-state index in [9.17, 15) is 15.2 Å². The van der Waals surface area contributed by atoms with Crippen molar-refractivity contribution in [1.82, 2.24) is 9.97 Å². The second-order valence-corrected chi connectivity index (χ2v) is 6.40. The lowest BCUT2D eigenvalue weighted by Crippen LogP contribution is -2.29. The van der Waals surface area contributed by atoms with Crippen molar-refractivity contribution in [2.45, 2.75) is 37.8 Å². The Bertz CT molecular complexity index is 748. The minimum absolute atomic E-state index is 0.0420. The minimum Gasteiger partial charge on any atom is -0.393 e. The maximum absolute atomic E-state index is 11.2. The Balaban J connectivity index is 1.79. The Morgan fingerprint density at radius 2 is 1.88 bits per heavy atom. The number of nitrogens with zero attached hydrogens (tertiary/aromatic N) is 3. The lowest BCUT2D eigenvalue weighted by atomic mass is 9.93. The molecule has 8 nitrogen and oxygen atoms in total. The van der Waals surface area contributed by atoms with Crippen LogP contribution in [0.2, 0.25) is 5.02 Å². The van der Waals surface area contributed by atoms with E-state index in [1.807, 2.05) is 0 Å². The van der Waals surface area contributed by atoms with Crippen LogP contribution in [0.15, 0.2) is 30.5 Å². The molecule has 1 aromatic heterocycles. The van der Waals surface area contributed by atoms with E-state index >= 15 is 0 Å². The summed E-state index contributed by atoms with van der Waals surface area (Å²) in [5.41, 5.74) is 0.553. The Morgan fingerprint density at radius 3 is 2.52 bits per heavy atom. The van der Waals surface area contributed by atoms with Gasteiger partial charge in [0.05, 0.1) is 11.0 Å². The van der Waals surface area contributed by atoms with Gasteiger partial charge in [0.25, 0.3) is 0 Å². The number of benzene rings is 1. The zero-order valence-electron chi connectivity index (χ0n) is 13.4. The van der Waals surface area contributed by atoms with Crippen LogP contribution in [0.4, 0.5) is 23.1 Å². The number of nitrogens with one attached hydrogen (secondary N) is 2.